The van der Waals surface area contributed by atoms with E-state index in [1.165, 1.54) is 17.4 Å². The van der Waals surface area contributed by atoms with Crippen LogP contribution in [-0.4, -0.2) is 30.4 Å². The molecule has 29 heavy (non-hydrogen) atoms. The van der Waals surface area contributed by atoms with E-state index in [2.05, 4.69) is 10.6 Å². The van der Waals surface area contributed by atoms with Gasteiger partial charge in [-0.25, -0.2) is 4.79 Å². The van der Waals surface area contributed by atoms with Gasteiger partial charge in [0.25, 0.3) is 5.91 Å². The van der Waals surface area contributed by atoms with Gasteiger partial charge in [-0.3, -0.25) is 9.59 Å². The van der Waals surface area contributed by atoms with Crippen LogP contribution in [0.15, 0.2) is 36.4 Å². The molecule has 3 rings (SSSR count). The molecule has 0 saturated heterocycles. The summed E-state index contributed by atoms with van der Waals surface area (Å²) < 4.78 is 5.06. The van der Waals surface area contributed by atoms with E-state index in [-0.39, 0.29) is 18.4 Å². The van der Waals surface area contributed by atoms with Gasteiger partial charge < -0.3 is 15.4 Å². The molecule has 2 N–H and O–H groups in total. The Morgan fingerprint density at radius 2 is 1.90 bits per heavy atom. The SMILES string of the molecule is CCOC(=O)c1cc(CC)sc1NC(=O)/C=C/c1ccc(C(=O)NC2CC2)cc1. The highest BCUT2D eigenvalue weighted by Crippen LogP contribution is 2.29. The summed E-state index contributed by atoms with van der Waals surface area (Å²) in [7, 11) is 0. The predicted molar refractivity (Wildman–Crippen MR) is 114 cm³/mol. The summed E-state index contributed by atoms with van der Waals surface area (Å²) in [5, 5.41) is 6.19. The van der Waals surface area contributed by atoms with Gasteiger partial charge >= 0.3 is 5.97 Å². The Bertz CT molecular complexity index is 927. The Morgan fingerprint density at radius 1 is 1.17 bits per heavy atom. The van der Waals surface area contributed by atoms with Crippen molar-refractivity contribution >= 4 is 40.2 Å². The third kappa shape index (κ3) is 5.77. The van der Waals surface area contributed by atoms with Crippen molar-refractivity contribution in [2.24, 2.45) is 0 Å². The highest BCUT2D eigenvalue weighted by Gasteiger charge is 2.23. The van der Waals surface area contributed by atoms with Crippen molar-refractivity contribution in [2.75, 3.05) is 11.9 Å². The Labute approximate surface area is 174 Å². The van der Waals surface area contributed by atoms with Gasteiger partial charge in [0.15, 0.2) is 0 Å². The largest absolute Gasteiger partial charge is 0.462 e. The van der Waals surface area contributed by atoms with Gasteiger partial charge in [-0.15, -0.1) is 11.3 Å². The number of rotatable bonds is 8. The van der Waals surface area contributed by atoms with Crippen LogP contribution in [0.4, 0.5) is 5.00 Å². The van der Waals surface area contributed by atoms with E-state index >= 15 is 0 Å². The average molecular weight is 413 g/mol. The minimum Gasteiger partial charge on any atom is -0.462 e. The van der Waals surface area contributed by atoms with Gasteiger partial charge in [0.1, 0.15) is 5.00 Å². The van der Waals surface area contributed by atoms with E-state index in [1.807, 2.05) is 6.92 Å². The summed E-state index contributed by atoms with van der Waals surface area (Å²) >= 11 is 1.37. The van der Waals surface area contributed by atoms with E-state index in [0.29, 0.717) is 22.2 Å². The summed E-state index contributed by atoms with van der Waals surface area (Å²) in [6, 6.07) is 9.12. The van der Waals surface area contributed by atoms with Crippen LogP contribution in [0.25, 0.3) is 6.08 Å². The van der Waals surface area contributed by atoms with Crippen molar-refractivity contribution in [1.29, 1.82) is 0 Å². The molecule has 2 amide bonds. The first-order chi connectivity index (χ1) is 14.0. The number of carbonyl (C=O) groups is 3. The van der Waals surface area contributed by atoms with E-state index in [4.69, 9.17) is 4.74 Å². The van der Waals surface area contributed by atoms with E-state index in [1.54, 1.807) is 43.3 Å². The summed E-state index contributed by atoms with van der Waals surface area (Å²) in [5.74, 6) is -0.852. The fraction of sp³-hybridized carbons (Fsp3) is 0.318. The number of hydrogen-bond donors (Lipinski definition) is 2. The smallest absolute Gasteiger partial charge is 0.341 e. The highest BCUT2D eigenvalue weighted by molar-refractivity contribution is 7.16. The third-order valence-electron chi connectivity index (χ3n) is 4.38. The fourth-order valence-electron chi connectivity index (χ4n) is 2.64. The average Bonchev–Trinajstić information content (AvgIpc) is 3.44. The maximum absolute atomic E-state index is 12.3. The minimum atomic E-state index is -0.442. The lowest BCUT2D eigenvalue weighted by atomic mass is 10.1. The van der Waals surface area contributed by atoms with Crippen LogP contribution < -0.4 is 10.6 Å². The quantitative estimate of drug-likeness (QED) is 0.506. The second kappa shape index (κ2) is 9.52. The molecule has 2 aromatic rings. The summed E-state index contributed by atoms with van der Waals surface area (Å²) in [4.78, 5) is 37.4. The molecule has 1 saturated carbocycles. The van der Waals surface area contributed by atoms with Crippen LogP contribution in [0.3, 0.4) is 0 Å². The zero-order valence-electron chi connectivity index (χ0n) is 16.5. The van der Waals surface area contributed by atoms with E-state index in [0.717, 1.165) is 29.7 Å². The summed E-state index contributed by atoms with van der Waals surface area (Å²) in [6.07, 6.45) is 5.92. The first-order valence-electron chi connectivity index (χ1n) is 9.70. The Kier molecular flexibility index (Phi) is 6.82. The Morgan fingerprint density at radius 3 is 2.52 bits per heavy atom. The van der Waals surface area contributed by atoms with Gasteiger partial charge in [0, 0.05) is 22.6 Å². The molecule has 0 atom stereocenters. The lowest BCUT2D eigenvalue weighted by molar-refractivity contribution is -0.111. The van der Waals surface area contributed by atoms with Gasteiger partial charge in [-0.2, -0.15) is 0 Å². The Balaban J connectivity index is 1.62. The second-order valence-corrected chi connectivity index (χ2v) is 7.86. The molecular formula is C22H24N2O4S. The number of thiophene rings is 1. The van der Waals surface area contributed by atoms with Crippen LogP contribution in [0.2, 0.25) is 0 Å². The molecule has 1 aliphatic carbocycles. The number of benzene rings is 1. The molecule has 1 heterocycles. The van der Waals surface area contributed by atoms with Gasteiger partial charge in [0.05, 0.1) is 12.2 Å². The molecule has 0 aliphatic heterocycles. The van der Waals surface area contributed by atoms with Crippen molar-refractivity contribution in [3.8, 4) is 0 Å². The molecule has 0 radical (unpaired) electrons. The number of esters is 1. The van der Waals surface area contributed by atoms with E-state index < -0.39 is 5.97 Å². The van der Waals surface area contributed by atoms with Crippen LogP contribution >= 0.6 is 11.3 Å². The van der Waals surface area contributed by atoms with Gasteiger partial charge in [-0.1, -0.05) is 19.1 Å². The number of hydrogen-bond acceptors (Lipinski definition) is 5. The van der Waals surface area contributed by atoms with Crippen molar-refractivity contribution in [1.82, 2.24) is 5.32 Å². The molecule has 1 aromatic carbocycles. The number of carbonyl (C=O) groups excluding carboxylic acids is 3. The van der Waals surface area contributed by atoms with Gasteiger partial charge in [0.2, 0.25) is 5.91 Å². The van der Waals surface area contributed by atoms with Crippen LogP contribution in [0, 0.1) is 0 Å². The first kappa shape index (κ1) is 20.8. The minimum absolute atomic E-state index is 0.0725. The first-order valence-corrected chi connectivity index (χ1v) is 10.5. The van der Waals surface area contributed by atoms with Crippen molar-refractivity contribution in [3.05, 3.63) is 58.0 Å². The summed E-state index contributed by atoms with van der Waals surface area (Å²) in [6.45, 7) is 4.01. The van der Waals surface area contributed by atoms with Crippen molar-refractivity contribution in [2.45, 2.75) is 39.2 Å². The molecule has 6 nitrogen and oxygen atoms in total. The topological polar surface area (TPSA) is 84.5 Å². The third-order valence-corrected chi connectivity index (χ3v) is 5.57. The highest BCUT2D eigenvalue weighted by atomic mass is 32.1. The maximum Gasteiger partial charge on any atom is 0.341 e. The number of aryl methyl sites for hydroxylation is 1. The normalized spacial score (nSPS) is 13.3. The second-order valence-electron chi connectivity index (χ2n) is 6.72. The fourth-order valence-corrected chi connectivity index (χ4v) is 3.62. The molecule has 7 heteroatoms. The number of ether oxygens (including phenoxy) is 1. The number of nitrogens with one attached hydrogen (secondary N) is 2. The molecule has 152 valence electrons. The molecule has 1 fully saturated rings. The number of amides is 2. The predicted octanol–water partition coefficient (Wildman–Crippen LogP) is 4.03. The molecular weight excluding hydrogens is 388 g/mol. The molecule has 0 spiro atoms. The summed E-state index contributed by atoms with van der Waals surface area (Å²) in [5.41, 5.74) is 1.78. The van der Waals surface area contributed by atoms with E-state index in [9.17, 15) is 14.4 Å². The zero-order chi connectivity index (χ0) is 20.8. The van der Waals surface area contributed by atoms with Crippen LogP contribution in [0.1, 0.15) is 57.8 Å². The standard InChI is InChI=1S/C22H24N2O4S/c1-3-17-13-18(22(27)28-4-2)21(29-17)24-19(25)12-7-14-5-8-15(9-6-14)20(26)23-16-10-11-16/h5-9,12-13,16H,3-4,10-11H2,1-2H3,(H,23,26)(H,24,25)/b12-7+. The van der Waals surface area contributed by atoms with Crippen molar-refractivity contribution in [3.63, 3.8) is 0 Å². The van der Waals surface area contributed by atoms with Crippen LogP contribution in [-0.2, 0) is 16.0 Å². The molecule has 0 bridgehead atoms. The zero-order valence-corrected chi connectivity index (χ0v) is 17.3. The maximum atomic E-state index is 12.3. The lowest BCUT2D eigenvalue weighted by Crippen LogP contribution is -2.25. The molecule has 0 unspecified atom stereocenters. The Hall–Kier alpha value is -2.93. The van der Waals surface area contributed by atoms with Crippen LogP contribution in [0.5, 0.6) is 0 Å². The van der Waals surface area contributed by atoms with Gasteiger partial charge in [-0.05, 0) is 56.0 Å². The monoisotopic (exact) mass is 412 g/mol. The molecule has 1 aliphatic rings. The molecule has 1 aromatic heterocycles. The number of anilines is 1. The lowest BCUT2D eigenvalue weighted by Gasteiger charge is -2.04. The van der Waals surface area contributed by atoms with Crippen molar-refractivity contribution < 1.29 is 19.1 Å².